The van der Waals surface area contributed by atoms with E-state index in [2.05, 4.69) is 32.2 Å². The van der Waals surface area contributed by atoms with Gasteiger partial charge in [-0.25, -0.2) is 0 Å². The molecule has 0 saturated carbocycles. The van der Waals surface area contributed by atoms with Gasteiger partial charge in [-0.05, 0) is 48.2 Å². The van der Waals surface area contributed by atoms with Crippen molar-refractivity contribution in [3.63, 3.8) is 0 Å². The van der Waals surface area contributed by atoms with Gasteiger partial charge in [0.25, 0.3) is 5.69 Å². The summed E-state index contributed by atoms with van der Waals surface area (Å²) in [6.07, 6.45) is 4.80. The highest BCUT2D eigenvalue weighted by Gasteiger charge is 2.21. The third-order valence-electron chi connectivity index (χ3n) is 4.40. The summed E-state index contributed by atoms with van der Waals surface area (Å²) in [5.74, 6) is 0.829. The van der Waals surface area contributed by atoms with Crippen molar-refractivity contribution in [2.45, 2.75) is 32.6 Å². The first-order chi connectivity index (χ1) is 13.3. The zero-order valence-electron chi connectivity index (χ0n) is 17.0. The summed E-state index contributed by atoms with van der Waals surface area (Å²) >= 11 is 0. The lowest BCUT2D eigenvalue weighted by molar-refractivity contribution is -0.384. The molecule has 6 nitrogen and oxygen atoms in total. The smallest absolute Gasteiger partial charge is 0.269 e. The topological polar surface area (TPSA) is 90.4 Å². The van der Waals surface area contributed by atoms with Gasteiger partial charge in [0.2, 0.25) is 0 Å². The van der Waals surface area contributed by atoms with Gasteiger partial charge in [-0.3, -0.25) is 10.1 Å². The zero-order chi connectivity index (χ0) is 20.7. The summed E-state index contributed by atoms with van der Waals surface area (Å²) in [4.78, 5) is 10.4. The SMILES string of the molecule is COc1c(/C=C/c2ccc([N+](=O)[O-])cc2)cc(NCCCN)cc1C(C)(C)C. The minimum absolute atomic E-state index is 0.0795. The van der Waals surface area contributed by atoms with E-state index in [1.165, 1.54) is 12.1 Å². The van der Waals surface area contributed by atoms with Crippen molar-refractivity contribution < 1.29 is 9.66 Å². The third kappa shape index (κ3) is 5.57. The van der Waals surface area contributed by atoms with E-state index in [1.807, 2.05) is 18.2 Å². The van der Waals surface area contributed by atoms with Gasteiger partial charge in [0, 0.05) is 35.5 Å². The maximum atomic E-state index is 10.8. The summed E-state index contributed by atoms with van der Waals surface area (Å²) in [5, 5.41) is 14.2. The van der Waals surface area contributed by atoms with Crippen molar-refractivity contribution in [3.8, 4) is 5.75 Å². The number of nitrogens with one attached hydrogen (secondary N) is 1. The van der Waals surface area contributed by atoms with Crippen LogP contribution >= 0.6 is 0 Å². The molecule has 0 aliphatic heterocycles. The average Bonchev–Trinajstić information content (AvgIpc) is 2.65. The van der Waals surface area contributed by atoms with Gasteiger partial charge in [0.15, 0.2) is 0 Å². The molecule has 150 valence electrons. The molecule has 0 saturated heterocycles. The van der Waals surface area contributed by atoms with E-state index in [-0.39, 0.29) is 11.1 Å². The van der Waals surface area contributed by atoms with Crippen LogP contribution in [0, 0.1) is 10.1 Å². The number of non-ortho nitro benzene ring substituents is 1. The molecule has 0 atom stereocenters. The monoisotopic (exact) mass is 383 g/mol. The van der Waals surface area contributed by atoms with E-state index < -0.39 is 4.92 Å². The maximum absolute atomic E-state index is 10.8. The lowest BCUT2D eigenvalue weighted by atomic mass is 9.84. The number of nitrogens with zero attached hydrogens (tertiary/aromatic N) is 1. The van der Waals surface area contributed by atoms with Crippen LogP contribution in [-0.2, 0) is 5.41 Å². The maximum Gasteiger partial charge on any atom is 0.269 e. The first-order valence-corrected chi connectivity index (χ1v) is 9.35. The van der Waals surface area contributed by atoms with Gasteiger partial charge in [-0.15, -0.1) is 0 Å². The number of nitro groups is 1. The average molecular weight is 383 g/mol. The minimum atomic E-state index is -0.400. The summed E-state index contributed by atoms with van der Waals surface area (Å²) in [6.45, 7) is 7.90. The van der Waals surface area contributed by atoms with E-state index in [4.69, 9.17) is 10.5 Å². The third-order valence-corrected chi connectivity index (χ3v) is 4.40. The minimum Gasteiger partial charge on any atom is -0.496 e. The molecule has 0 spiro atoms. The van der Waals surface area contributed by atoms with Crippen molar-refractivity contribution in [3.05, 3.63) is 63.2 Å². The normalized spacial score (nSPS) is 11.6. The lowest BCUT2D eigenvalue weighted by Gasteiger charge is -2.25. The molecule has 0 unspecified atom stereocenters. The van der Waals surface area contributed by atoms with Gasteiger partial charge in [0.05, 0.1) is 12.0 Å². The van der Waals surface area contributed by atoms with Crippen LogP contribution in [0.2, 0.25) is 0 Å². The van der Waals surface area contributed by atoms with Crippen LogP contribution < -0.4 is 15.8 Å². The Morgan fingerprint density at radius 1 is 1.18 bits per heavy atom. The highest BCUT2D eigenvalue weighted by atomic mass is 16.6. The molecular weight excluding hydrogens is 354 g/mol. The fraction of sp³-hybridized carbons (Fsp3) is 0.364. The Kier molecular flexibility index (Phi) is 7.18. The number of hydrogen-bond donors (Lipinski definition) is 2. The molecular formula is C22H29N3O3. The predicted molar refractivity (Wildman–Crippen MR) is 116 cm³/mol. The van der Waals surface area contributed by atoms with Crippen molar-refractivity contribution >= 4 is 23.5 Å². The molecule has 0 aliphatic rings. The molecule has 3 N–H and O–H groups in total. The second-order valence-corrected chi connectivity index (χ2v) is 7.65. The van der Waals surface area contributed by atoms with E-state index >= 15 is 0 Å². The van der Waals surface area contributed by atoms with E-state index in [1.54, 1.807) is 19.2 Å². The van der Waals surface area contributed by atoms with Crippen LogP contribution in [-0.4, -0.2) is 25.1 Å². The van der Waals surface area contributed by atoms with Crippen LogP contribution in [0.4, 0.5) is 11.4 Å². The summed E-state index contributed by atoms with van der Waals surface area (Å²) < 4.78 is 5.73. The lowest BCUT2D eigenvalue weighted by Crippen LogP contribution is -2.15. The second kappa shape index (κ2) is 9.37. The van der Waals surface area contributed by atoms with Crippen LogP contribution in [0.25, 0.3) is 12.2 Å². The highest BCUT2D eigenvalue weighted by Crippen LogP contribution is 2.37. The van der Waals surface area contributed by atoms with Crippen molar-refractivity contribution in [2.24, 2.45) is 5.73 Å². The van der Waals surface area contributed by atoms with E-state index in [9.17, 15) is 10.1 Å². The summed E-state index contributed by atoms with van der Waals surface area (Å²) in [7, 11) is 1.68. The van der Waals surface area contributed by atoms with Gasteiger partial charge >= 0.3 is 0 Å². The largest absolute Gasteiger partial charge is 0.496 e. The molecule has 6 heteroatoms. The molecule has 0 amide bonds. The van der Waals surface area contributed by atoms with Crippen LogP contribution in [0.15, 0.2) is 36.4 Å². The first kappa shape index (κ1) is 21.4. The molecule has 28 heavy (non-hydrogen) atoms. The number of anilines is 1. The van der Waals surface area contributed by atoms with Crippen molar-refractivity contribution in [1.82, 2.24) is 0 Å². The van der Waals surface area contributed by atoms with Gasteiger partial charge < -0.3 is 15.8 Å². The molecule has 2 aromatic carbocycles. The summed E-state index contributed by atoms with van der Waals surface area (Å²) in [6, 6.07) is 10.6. The number of ether oxygens (including phenoxy) is 1. The van der Waals surface area contributed by atoms with Crippen LogP contribution in [0.1, 0.15) is 43.9 Å². The van der Waals surface area contributed by atoms with Crippen LogP contribution in [0.3, 0.4) is 0 Å². The standard InChI is InChI=1S/C22H29N3O3/c1-22(2,3)20-15-18(24-13-5-12-23)14-17(21(20)28-4)9-6-16-7-10-19(11-8-16)25(26)27/h6-11,14-15,24H,5,12-13,23H2,1-4H3/b9-6+. The van der Waals surface area contributed by atoms with Gasteiger partial charge in [-0.1, -0.05) is 32.9 Å². The summed E-state index contributed by atoms with van der Waals surface area (Å²) in [5.41, 5.74) is 9.54. The van der Waals surface area contributed by atoms with Crippen LogP contribution in [0.5, 0.6) is 5.75 Å². The molecule has 0 heterocycles. The predicted octanol–water partition coefficient (Wildman–Crippen LogP) is 4.83. The fourth-order valence-electron chi connectivity index (χ4n) is 2.89. The van der Waals surface area contributed by atoms with Gasteiger partial charge in [0.1, 0.15) is 5.75 Å². The Morgan fingerprint density at radius 3 is 2.39 bits per heavy atom. The highest BCUT2D eigenvalue weighted by molar-refractivity contribution is 5.76. The Hall–Kier alpha value is -2.86. The fourth-order valence-corrected chi connectivity index (χ4v) is 2.89. The number of hydrogen-bond acceptors (Lipinski definition) is 5. The quantitative estimate of drug-likeness (QED) is 0.295. The van der Waals surface area contributed by atoms with E-state index in [0.717, 1.165) is 41.1 Å². The second-order valence-electron chi connectivity index (χ2n) is 7.65. The Labute approximate surface area is 166 Å². The number of nitro benzene ring substituents is 1. The molecule has 0 aromatic heterocycles. The Morgan fingerprint density at radius 2 is 1.86 bits per heavy atom. The van der Waals surface area contributed by atoms with Gasteiger partial charge in [-0.2, -0.15) is 0 Å². The Bertz CT molecular complexity index is 837. The first-order valence-electron chi connectivity index (χ1n) is 9.35. The molecule has 2 rings (SSSR count). The zero-order valence-corrected chi connectivity index (χ0v) is 17.0. The van der Waals surface area contributed by atoms with Crippen molar-refractivity contribution in [1.29, 1.82) is 0 Å². The molecule has 0 bridgehead atoms. The molecule has 0 aliphatic carbocycles. The Balaban J connectivity index is 2.41. The molecule has 2 aromatic rings. The van der Waals surface area contributed by atoms with E-state index in [0.29, 0.717) is 6.54 Å². The molecule has 0 radical (unpaired) electrons. The number of rotatable bonds is 8. The number of nitrogens with two attached hydrogens (primary N) is 1. The van der Waals surface area contributed by atoms with Crippen molar-refractivity contribution in [2.75, 3.05) is 25.5 Å². The molecule has 0 fully saturated rings. The number of methoxy groups -OCH3 is 1. The number of benzene rings is 2.